The molecule has 2 N–H and O–H groups in total. The largest absolute Gasteiger partial charge is 0.383 e. The fourth-order valence-corrected chi connectivity index (χ4v) is 6.43. The molecule has 0 saturated carbocycles. The normalized spacial score (nSPS) is 16.4. The number of pyridine rings is 2. The van der Waals surface area contributed by atoms with Crippen LogP contribution in [0.1, 0.15) is 18.4 Å². The summed E-state index contributed by atoms with van der Waals surface area (Å²) in [5.74, 6) is 1.19. The lowest BCUT2D eigenvalue weighted by Crippen LogP contribution is -2.60. The number of nitrogens with zero attached hydrogens (tertiary/aromatic N) is 6. The third kappa shape index (κ3) is 4.73. The number of carbonyl (C=O) groups excluding carboxylic acids is 1. The first-order chi connectivity index (χ1) is 20.5. The molecule has 5 heterocycles. The van der Waals surface area contributed by atoms with Crippen LogP contribution >= 0.6 is 0 Å². The van der Waals surface area contributed by atoms with Crippen LogP contribution < -0.4 is 5.73 Å². The standard InChI is InChI=1S/C34H33N7O/c1-2-30(42)40-19-16-34(17-20-40)22-39(23-34)21-24-10-12-26(13-11-24)41-32(27-9-6-18-36-31(27)35)38-29-15-14-28(37-33(29)41)25-7-4-3-5-8-25/h2-15,18H,1,16-17,19-23H2,(H2,35,36). The molecular weight excluding hydrogens is 522 g/mol. The Morgan fingerprint density at radius 3 is 2.40 bits per heavy atom. The summed E-state index contributed by atoms with van der Waals surface area (Å²) in [6, 6.07) is 26.7. The molecule has 8 heteroatoms. The molecule has 2 aliphatic rings. The van der Waals surface area contributed by atoms with Crippen molar-refractivity contribution in [2.75, 3.05) is 31.9 Å². The Kier molecular flexibility index (Phi) is 6.55. The van der Waals surface area contributed by atoms with E-state index < -0.39 is 0 Å². The van der Waals surface area contributed by atoms with Gasteiger partial charge >= 0.3 is 0 Å². The molecule has 210 valence electrons. The predicted molar refractivity (Wildman–Crippen MR) is 166 cm³/mol. The van der Waals surface area contributed by atoms with E-state index in [9.17, 15) is 4.79 Å². The van der Waals surface area contributed by atoms with E-state index in [2.05, 4.69) is 57.4 Å². The quantitative estimate of drug-likeness (QED) is 0.284. The molecule has 7 rings (SSSR count). The first-order valence-corrected chi connectivity index (χ1v) is 14.4. The van der Waals surface area contributed by atoms with Gasteiger partial charge in [0.15, 0.2) is 11.5 Å². The van der Waals surface area contributed by atoms with E-state index in [1.54, 1.807) is 6.20 Å². The highest BCUT2D eigenvalue weighted by atomic mass is 16.2. The Bertz CT molecular complexity index is 1760. The Hall–Kier alpha value is -4.82. The van der Waals surface area contributed by atoms with E-state index in [0.29, 0.717) is 17.1 Å². The van der Waals surface area contributed by atoms with Crippen LogP contribution in [0.15, 0.2) is 97.7 Å². The summed E-state index contributed by atoms with van der Waals surface area (Å²) in [5, 5.41) is 0. The number of hydrogen-bond acceptors (Lipinski definition) is 6. The Morgan fingerprint density at radius 1 is 0.929 bits per heavy atom. The molecule has 42 heavy (non-hydrogen) atoms. The van der Waals surface area contributed by atoms with E-state index in [4.69, 9.17) is 15.7 Å². The lowest BCUT2D eigenvalue weighted by Gasteiger charge is -2.54. The highest BCUT2D eigenvalue weighted by Gasteiger charge is 2.44. The number of nitrogen functional groups attached to an aromatic ring is 1. The summed E-state index contributed by atoms with van der Waals surface area (Å²) in [6.07, 6.45) is 5.24. The zero-order valence-corrected chi connectivity index (χ0v) is 23.5. The van der Waals surface area contributed by atoms with Crippen LogP contribution in [0, 0.1) is 5.41 Å². The Morgan fingerprint density at radius 2 is 1.69 bits per heavy atom. The summed E-state index contributed by atoms with van der Waals surface area (Å²) in [6.45, 7) is 8.34. The first kappa shape index (κ1) is 26.1. The number of imidazole rings is 1. The van der Waals surface area contributed by atoms with Crippen LogP contribution in [0.3, 0.4) is 0 Å². The molecule has 0 radical (unpaired) electrons. The number of rotatable bonds is 6. The van der Waals surface area contributed by atoms with Gasteiger partial charge in [-0.3, -0.25) is 14.3 Å². The van der Waals surface area contributed by atoms with Crippen molar-refractivity contribution in [1.82, 2.24) is 29.3 Å². The van der Waals surface area contributed by atoms with Crippen molar-refractivity contribution in [3.63, 3.8) is 0 Å². The van der Waals surface area contributed by atoms with Gasteiger partial charge in [-0.15, -0.1) is 0 Å². The van der Waals surface area contributed by atoms with Gasteiger partial charge in [0.2, 0.25) is 5.91 Å². The topological polar surface area (TPSA) is 93.2 Å². The predicted octanol–water partition coefficient (Wildman–Crippen LogP) is 5.34. The smallest absolute Gasteiger partial charge is 0.245 e. The molecule has 0 bridgehead atoms. The molecule has 2 aliphatic heterocycles. The SMILES string of the molecule is C=CC(=O)N1CCC2(CC1)CN(Cc1ccc(-n3c(-c4cccnc4N)nc4ccc(-c5ccccc5)nc43)cc1)C2. The van der Waals surface area contributed by atoms with Gasteiger partial charge in [0.1, 0.15) is 11.3 Å². The van der Waals surface area contributed by atoms with E-state index >= 15 is 0 Å². The second-order valence-corrected chi connectivity index (χ2v) is 11.5. The number of amides is 1. The second-order valence-electron chi connectivity index (χ2n) is 11.5. The van der Waals surface area contributed by atoms with E-state index in [1.165, 1.54) is 11.6 Å². The van der Waals surface area contributed by atoms with Crippen LogP contribution in [0.2, 0.25) is 0 Å². The van der Waals surface area contributed by atoms with Crippen LogP contribution in [0.4, 0.5) is 5.82 Å². The van der Waals surface area contributed by atoms with E-state index in [-0.39, 0.29) is 5.91 Å². The van der Waals surface area contributed by atoms with Gasteiger partial charge in [0.05, 0.1) is 11.3 Å². The number of hydrogen-bond donors (Lipinski definition) is 1. The number of anilines is 1. The minimum Gasteiger partial charge on any atom is -0.383 e. The third-order valence-corrected chi connectivity index (χ3v) is 8.68. The minimum absolute atomic E-state index is 0.0488. The lowest BCUT2D eigenvalue weighted by atomic mass is 9.72. The van der Waals surface area contributed by atoms with Crippen molar-refractivity contribution in [2.45, 2.75) is 19.4 Å². The molecule has 2 fully saturated rings. The Balaban J connectivity index is 1.15. The third-order valence-electron chi connectivity index (χ3n) is 8.68. The van der Waals surface area contributed by atoms with Crippen molar-refractivity contribution in [3.8, 4) is 28.3 Å². The fraction of sp³-hybridized carbons (Fsp3) is 0.235. The molecular formula is C34H33N7O. The van der Waals surface area contributed by atoms with Gasteiger partial charge in [0.25, 0.3) is 0 Å². The van der Waals surface area contributed by atoms with Gasteiger partial charge < -0.3 is 10.6 Å². The van der Waals surface area contributed by atoms with Crippen molar-refractivity contribution >= 4 is 22.9 Å². The number of likely N-dealkylation sites (tertiary alicyclic amines) is 2. The maximum absolute atomic E-state index is 12.0. The molecule has 1 spiro atoms. The van der Waals surface area contributed by atoms with Crippen molar-refractivity contribution in [1.29, 1.82) is 0 Å². The monoisotopic (exact) mass is 555 g/mol. The fourth-order valence-electron chi connectivity index (χ4n) is 6.43. The van der Waals surface area contributed by atoms with Crippen LogP contribution in [0.5, 0.6) is 0 Å². The second kappa shape index (κ2) is 10.5. The summed E-state index contributed by atoms with van der Waals surface area (Å²) in [7, 11) is 0. The lowest BCUT2D eigenvalue weighted by molar-refractivity contribution is -0.131. The zero-order chi connectivity index (χ0) is 28.7. The first-order valence-electron chi connectivity index (χ1n) is 14.4. The summed E-state index contributed by atoms with van der Waals surface area (Å²) in [5.41, 5.74) is 13.2. The van der Waals surface area contributed by atoms with Gasteiger partial charge in [-0.2, -0.15) is 0 Å². The number of carbonyl (C=O) groups is 1. The molecule has 0 atom stereocenters. The average Bonchev–Trinajstić information content (AvgIpc) is 3.40. The summed E-state index contributed by atoms with van der Waals surface area (Å²) < 4.78 is 2.08. The molecule has 0 aliphatic carbocycles. The molecule has 2 saturated heterocycles. The van der Waals surface area contributed by atoms with Crippen LogP contribution in [-0.2, 0) is 11.3 Å². The molecule has 8 nitrogen and oxygen atoms in total. The highest BCUT2D eigenvalue weighted by Crippen LogP contribution is 2.41. The average molecular weight is 556 g/mol. The molecule has 2 aromatic carbocycles. The maximum atomic E-state index is 12.0. The zero-order valence-electron chi connectivity index (χ0n) is 23.5. The van der Waals surface area contributed by atoms with Crippen LogP contribution in [-0.4, -0.2) is 61.4 Å². The number of piperidine rings is 1. The number of nitrogens with two attached hydrogens (primary N) is 1. The summed E-state index contributed by atoms with van der Waals surface area (Å²) >= 11 is 0. The summed E-state index contributed by atoms with van der Waals surface area (Å²) in [4.78, 5) is 30.7. The van der Waals surface area contributed by atoms with E-state index in [1.807, 2.05) is 47.4 Å². The van der Waals surface area contributed by atoms with Gasteiger partial charge in [-0.25, -0.2) is 15.0 Å². The number of aromatic nitrogens is 4. The van der Waals surface area contributed by atoms with Crippen molar-refractivity contribution in [2.24, 2.45) is 5.41 Å². The molecule has 5 aromatic rings. The van der Waals surface area contributed by atoms with Gasteiger partial charge in [0, 0.05) is 50.2 Å². The van der Waals surface area contributed by atoms with Gasteiger partial charge in [-0.05, 0) is 66.3 Å². The van der Waals surface area contributed by atoms with Crippen molar-refractivity contribution < 1.29 is 4.79 Å². The molecule has 1 amide bonds. The number of fused-ring (bicyclic) bond motifs is 1. The highest BCUT2D eigenvalue weighted by molar-refractivity contribution is 5.87. The van der Waals surface area contributed by atoms with Crippen LogP contribution in [0.25, 0.3) is 39.5 Å². The maximum Gasteiger partial charge on any atom is 0.245 e. The van der Waals surface area contributed by atoms with Crippen molar-refractivity contribution in [3.05, 3.63) is 103 Å². The Labute approximate surface area is 245 Å². The number of benzene rings is 2. The molecule has 3 aromatic heterocycles. The minimum atomic E-state index is 0.0488. The van der Waals surface area contributed by atoms with Gasteiger partial charge in [-0.1, -0.05) is 49.0 Å². The molecule has 0 unspecified atom stereocenters. The van der Waals surface area contributed by atoms with E-state index in [0.717, 1.165) is 79.2 Å².